The summed E-state index contributed by atoms with van der Waals surface area (Å²) >= 11 is 0. The first-order valence-corrected chi connectivity index (χ1v) is 7.82. The van der Waals surface area contributed by atoms with Crippen molar-refractivity contribution in [1.29, 1.82) is 0 Å². The number of hydrogen-bond acceptors (Lipinski definition) is 3. The summed E-state index contributed by atoms with van der Waals surface area (Å²) in [5, 5.41) is 8.24. The Labute approximate surface area is 110 Å². The molecule has 0 amide bonds. The van der Waals surface area contributed by atoms with Gasteiger partial charge in [-0.2, -0.15) is 0 Å². The predicted molar refractivity (Wildman–Crippen MR) is 74.9 cm³/mol. The predicted octanol–water partition coefficient (Wildman–Crippen LogP) is 1.63. The first-order chi connectivity index (χ1) is 8.29. The number of sulfonamides is 1. The summed E-state index contributed by atoms with van der Waals surface area (Å²) in [5.41, 5.74) is 3.76. The van der Waals surface area contributed by atoms with Crippen LogP contribution in [0.4, 0.5) is 0 Å². The van der Waals surface area contributed by atoms with Gasteiger partial charge in [-0.05, 0) is 50.4 Å². The van der Waals surface area contributed by atoms with Crippen LogP contribution in [0.25, 0.3) is 0 Å². The van der Waals surface area contributed by atoms with Crippen LogP contribution in [0.1, 0.15) is 36.1 Å². The molecular formula is C13H22N2O2S. The molecule has 0 saturated heterocycles. The van der Waals surface area contributed by atoms with Gasteiger partial charge < -0.3 is 5.32 Å². The Kier molecular flexibility index (Phi) is 5.31. The van der Waals surface area contributed by atoms with E-state index in [9.17, 15) is 8.42 Å². The van der Waals surface area contributed by atoms with E-state index in [2.05, 4.69) is 44.3 Å². The highest BCUT2D eigenvalue weighted by Crippen LogP contribution is 2.16. The quantitative estimate of drug-likeness (QED) is 0.772. The molecule has 102 valence electrons. The summed E-state index contributed by atoms with van der Waals surface area (Å²) in [6, 6.07) is 6.57. The van der Waals surface area contributed by atoms with E-state index in [1.165, 1.54) is 16.7 Å². The Hall–Kier alpha value is -0.910. The lowest BCUT2D eigenvalue weighted by atomic mass is 10.0. The van der Waals surface area contributed by atoms with Gasteiger partial charge in [-0.25, -0.2) is 13.6 Å². The molecule has 3 N–H and O–H groups in total. The zero-order valence-electron chi connectivity index (χ0n) is 11.2. The minimum absolute atomic E-state index is 0.0274. The molecule has 0 fully saturated rings. The van der Waals surface area contributed by atoms with Gasteiger partial charge in [-0.1, -0.05) is 18.2 Å². The lowest BCUT2D eigenvalue weighted by Gasteiger charge is -2.15. The Morgan fingerprint density at radius 2 is 1.94 bits per heavy atom. The van der Waals surface area contributed by atoms with Crippen molar-refractivity contribution < 1.29 is 8.42 Å². The maximum Gasteiger partial charge on any atom is 0.209 e. The zero-order valence-corrected chi connectivity index (χ0v) is 12.0. The van der Waals surface area contributed by atoms with Gasteiger partial charge in [0.15, 0.2) is 0 Å². The Morgan fingerprint density at radius 1 is 1.28 bits per heavy atom. The van der Waals surface area contributed by atoms with Gasteiger partial charge in [-0.15, -0.1) is 0 Å². The lowest BCUT2D eigenvalue weighted by Crippen LogP contribution is -2.24. The number of benzene rings is 1. The summed E-state index contributed by atoms with van der Waals surface area (Å²) < 4.78 is 21.6. The van der Waals surface area contributed by atoms with Crippen LogP contribution >= 0.6 is 0 Å². The summed E-state index contributed by atoms with van der Waals surface area (Å²) in [5.74, 6) is 0.0274. The van der Waals surface area contributed by atoms with Crippen molar-refractivity contribution in [3.8, 4) is 0 Å². The van der Waals surface area contributed by atoms with Crippen molar-refractivity contribution in [2.75, 3.05) is 12.3 Å². The third-order valence-electron chi connectivity index (χ3n) is 3.09. The molecule has 0 radical (unpaired) electrons. The smallest absolute Gasteiger partial charge is 0.209 e. The second-order valence-electron chi connectivity index (χ2n) is 4.74. The monoisotopic (exact) mass is 270 g/mol. The first kappa shape index (κ1) is 15.1. The molecule has 1 unspecified atom stereocenters. The zero-order chi connectivity index (χ0) is 13.8. The van der Waals surface area contributed by atoms with Gasteiger partial charge in [0, 0.05) is 6.04 Å². The number of aryl methyl sites for hydroxylation is 2. The highest BCUT2D eigenvalue weighted by molar-refractivity contribution is 7.89. The van der Waals surface area contributed by atoms with Crippen LogP contribution in [0.3, 0.4) is 0 Å². The molecule has 0 aromatic heterocycles. The molecule has 1 aromatic rings. The van der Waals surface area contributed by atoms with E-state index in [1.807, 2.05) is 0 Å². The van der Waals surface area contributed by atoms with Gasteiger partial charge in [0.2, 0.25) is 10.0 Å². The van der Waals surface area contributed by atoms with Crippen molar-refractivity contribution in [3.63, 3.8) is 0 Å². The molecule has 0 bridgehead atoms. The Balaban J connectivity index is 2.45. The maximum atomic E-state index is 10.8. The van der Waals surface area contributed by atoms with Crippen LogP contribution in [-0.4, -0.2) is 20.7 Å². The number of primary sulfonamides is 1. The van der Waals surface area contributed by atoms with E-state index in [0.29, 0.717) is 13.0 Å². The molecule has 1 rings (SSSR count). The van der Waals surface area contributed by atoms with E-state index in [-0.39, 0.29) is 11.8 Å². The minimum atomic E-state index is -3.34. The summed E-state index contributed by atoms with van der Waals surface area (Å²) in [6.07, 6.45) is 0.536. The van der Waals surface area contributed by atoms with E-state index in [4.69, 9.17) is 5.14 Å². The van der Waals surface area contributed by atoms with Crippen molar-refractivity contribution in [1.82, 2.24) is 5.32 Å². The molecule has 18 heavy (non-hydrogen) atoms. The average molecular weight is 270 g/mol. The molecule has 1 atom stereocenters. The molecule has 1 aromatic carbocycles. The normalized spacial score (nSPS) is 13.6. The van der Waals surface area contributed by atoms with Crippen LogP contribution in [0.15, 0.2) is 18.2 Å². The number of hydrogen-bond donors (Lipinski definition) is 2. The summed E-state index contributed by atoms with van der Waals surface area (Å²) in [4.78, 5) is 0. The van der Waals surface area contributed by atoms with E-state index in [0.717, 1.165) is 0 Å². The van der Waals surface area contributed by atoms with Crippen molar-refractivity contribution in [2.45, 2.75) is 33.2 Å². The number of rotatable bonds is 6. The minimum Gasteiger partial charge on any atom is -0.310 e. The van der Waals surface area contributed by atoms with E-state index in [1.54, 1.807) is 0 Å². The fourth-order valence-corrected chi connectivity index (χ4v) is 2.29. The van der Waals surface area contributed by atoms with Gasteiger partial charge >= 0.3 is 0 Å². The van der Waals surface area contributed by atoms with Crippen LogP contribution < -0.4 is 10.5 Å². The van der Waals surface area contributed by atoms with Crippen LogP contribution in [-0.2, 0) is 10.0 Å². The van der Waals surface area contributed by atoms with Crippen molar-refractivity contribution in [3.05, 3.63) is 34.9 Å². The van der Waals surface area contributed by atoms with Crippen molar-refractivity contribution >= 4 is 10.0 Å². The van der Waals surface area contributed by atoms with Crippen molar-refractivity contribution in [2.24, 2.45) is 5.14 Å². The molecule has 0 heterocycles. The molecule has 0 aliphatic carbocycles. The van der Waals surface area contributed by atoms with Gasteiger partial charge in [0.05, 0.1) is 5.75 Å². The molecular weight excluding hydrogens is 248 g/mol. The Morgan fingerprint density at radius 3 is 2.50 bits per heavy atom. The van der Waals surface area contributed by atoms with Crippen LogP contribution in [0.2, 0.25) is 0 Å². The van der Waals surface area contributed by atoms with E-state index < -0.39 is 10.0 Å². The third kappa shape index (κ3) is 5.16. The van der Waals surface area contributed by atoms with E-state index >= 15 is 0 Å². The highest BCUT2D eigenvalue weighted by Gasteiger charge is 2.07. The topological polar surface area (TPSA) is 72.2 Å². The molecule has 5 heteroatoms. The second-order valence-corrected chi connectivity index (χ2v) is 6.47. The van der Waals surface area contributed by atoms with Gasteiger partial charge in [0.1, 0.15) is 0 Å². The average Bonchev–Trinajstić information content (AvgIpc) is 2.26. The first-order valence-electron chi connectivity index (χ1n) is 6.10. The summed E-state index contributed by atoms with van der Waals surface area (Å²) in [7, 11) is -3.34. The number of nitrogens with two attached hydrogens (primary N) is 1. The largest absolute Gasteiger partial charge is 0.310 e. The standard InChI is InChI=1S/C13H22N2O2S/c1-10-5-6-13(9-11(10)2)12(3)15-7-4-8-18(14,16)17/h5-6,9,12,15H,4,7-8H2,1-3H3,(H2,14,16,17). The molecule has 0 aliphatic heterocycles. The number of nitrogens with one attached hydrogen (secondary N) is 1. The summed E-state index contributed by atoms with van der Waals surface area (Å²) in [6.45, 7) is 6.89. The highest BCUT2D eigenvalue weighted by atomic mass is 32.2. The van der Waals surface area contributed by atoms with Crippen LogP contribution in [0, 0.1) is 13.8 Å². The Bertz CT molecular complexity index is 498. The molecule has 0 saturated carbocycles. The molecule has 4 nitrogen and oxygen atoms in total. The SMILES string of the molecule is Cc1ccc(C(C)NCCCS(N)(=O)=O)cc1C. The maximum absolute atomic E-state index is 10.8. The fourth-order valence-electron chi connectivity index (χ4n) is 1.74. The second kappa shape index (κ2) is 6.31. The van der Waals surface area contributed by atoms with Gasteiger partial charge in [-0.3, -0.25) is 0 Å². The van der Waals surface area contributed by atoms with Gasteiger partial charge in [0.25, 0.3) is 0 Å². The lowest BCUT2D eigenvalue weighted by molar-refractivity contribution is 0.560. The third-order valence-corrected chi connectivity index (χ3v) is 3.94. The molecule has 0 spiro atoms. The fraction of sp³-hybridized carbons (Fsp3) is 0.538. The molecule has 0 aliphatic rings. The van der Waals surface area contributed by atoms with Crippen LogP contribution in [0.5, 0.6) is 0 Å².